The molecule has 1 unspecified atom stereocenters. The SMILES string of the molecule is CCCCC(CC)Cn1c(CC)nc(C(=O)OCC)c1N. The third-order valence-corrected chi connectivity index (χ3v) is 3.85. The van der Waals surface area contributed by atoms with Gasteiger partial charge in [0.15, 0.2) is 5.69 Å². The van der Waals surface area contributed by atoms with E-state index in [0.29, 0.717) is 18.3 Å². The van der Waals surface area contributed by atoms with Crippen molar-refractivity contribution in [2.45, 2.75) is 66.3 Å². The highest BCUT2D eigenvalue weighted by molar-refractivity contribution is 5.92. The maximum atomic E-state index is 11.9. The molecule has 0 saturated carbocycles. The van der Waals surface area contributed by atoms with Crippen LogP contribution in [0.1, 0.15) is 69.7 Å². The lowest BCUT2D eigenvalue weighted by atomic mass is 9.99. The number of aromatic nitrogens is 2. The highest BCUT2D eigenvalue weighted by Crippen LogP contribution is 2.22. The van der Waals surface area contributed by atoms with E-state index in [1.807, 2.05) is 11.5 Å². The average molecular weight is 295 g/mol. The molecule has 120 valence electrons. The predicted octanol–water partition coefficient (Wildman–Crippen LogP) is 3.42. The summed E-state index contributed by atoms with van der Waals surface area (Å²) in [4.78, 5) is 16.3. The van der Waals surface area contributed by atoms with E-state index in [-0.39, 0.29) is 5.69 Å². The maximum absolute atomic E-state index is 11.9. The largest absolute Gasteiger partial charge is 0.461 e. The molecule has 5 nitrogen and oxygen atoms in total. The number of aryl methyl sites for hydroxylation is 1. The van der Waals surface area contributed by atoms with Gasteiger partial charge in [0.05, 0.1) is 6.61 Å². The van der Waals surface area contributed by atoms with Gasteiger partial charge in [-0.1, -0.05) is 40.0 Å². The molecule has 0 spiro atoms. The highest BCUT2D eigenvalue weighted by atomic mass is 16.5. The first-order valence-electron chi connectivity index (χ1n) is 8.10. The van der Waals surface area contributed by atoms with Crippen molar-refractivity contribution in [2.75, 3.05) is 12.3 Å². The fourth-order valence-corrected chi connectivity index (χ4v) is 2.51. The minimum atomic E-state index is -0.426. The number of carbonyl (C=O) groups excluding carboxylic acids is 1. The number of nitrogens with two attached hydrogens (primary N) is 1. The topological polar surface area (TPSA) is 70.1 Å². The number of imidazole rings is 1. The fraction of sp³-hybridized carbons (Fsp3) is 0.750. The third kappa shape index (κ3) is 4.48. The van der Waals surface area contributed by atoms with Crippen LogP contribution in [0.3, 0.4) is 0 Å². The van der Waals surface area contributed by atoms with E-state index >= 15 is 0 Å². The zero-order valence-corrected chi connectivity index (χ0v) is 13.8. The van der Waals surface area contributed by atoms with Gasteiger partial charge in [-0.2, -0.15) is 0 Å². The van der Waals surface area contributed by atoms with Crippen molar-refractivity contribution in [3.63, 3.8) is 0 Å². The Labute approximate surface area is 127 Å². The minimum absolute atomic E-state index is 0.263. The van der Waals surface area contributed by atoms with Crippen LogP contribution in [0.15, 0.2) is 0 Å². The third-order valence-electron chi connectivity index (χ3n) is 3.85. The van der Waals surface area contributed by atoms with Crippen molar-refractivity contribution < 1.29 is 9.53 Å². The number of hydrogen-bond donors (Lipinski definition) is 1. The van der Waals surface area contributed by atoms with Crippen molar-refractivity contribution in [3.05, 3.63) is 11.5 Å². The minimum Gasteiger partial charge on any atom is -0.461 e. The summed E-state index contributed by atoms with van der Waals surface area (Å²) in [5, 5.41) is 0. The average Bonchev–Trinajstić information content (AvgIpc) is 2.80. The molecule has 0 radical (unpaired) electrons. The van der Waals surface area contributed by atoms with Gasteiger partial charge >= 0.3 is 5.97 Å². The highest BCUT2D eigenvalue weighted by Gasteiger charge is 2.22. The molecule has 21 heavy (non-hydrogen) atoms. The first kappa shape index (κ1) is 17.5. The number of carbonyl (C=O) groups is 1. The molecule has 1 rings (SSSR count). The fourth-order valence-electron chi connectivity index (χ4n) is 2.51. The molecule has 0 bridgehead atoms. The van der Waals surface area contributed by atoms with Crippen LogP contribution in [0, 0.1) is 5.92 Å². The van der Waals surface area contributed by atoms with Crippen LogP contribution >= 0.6 is 0 Å². The molecule has 1 heterocycles. The molecule has 0 aliphatic heterocycles. The second kappa shape index (κ2) is 8.70. The van der Waals surface area contributed by atoms with Gasteiger partial charge in [-0.05, 0) is 19.3 Å². The summed E-state index contributed by atoms with van der Waals surface area (Å²) in [6, 6.07) is 0. The summed E-state index contributed by atoms with van der Waals surface area (Å²) in [5.74, 6) is 1.46. The Morgan fingerprint density at radius 3 is 2.57 bits per heavy atom. The summed E-state index contributed by atoms with van der Waals surface area (Å²) in [6.07, 6.45) is 5.47. The molecule has 0 aliphatic rings. The number of nitrogen functional groups attached to an aromatic ring is 1. The van der Waals surface area contributed by atoms with Gasteiger partial charge in [-0.25, -0.2) is 9.78 Å². The summed E-state index contributed by atoms with van der Waals surface area (Å²) < 4.78 is 7.02. The summed E-state index contributed by atoms with van der Waals surface area (Å²) in [6.45, 7) is 9.38. The van der Waals surface area contributed by atoms with Crippen LogP contribution in [-0.4, -0.2) is 22.1 Å². The van der Waals surface area contributed by atoms with Gasteiger partial charge in [-0.15, -0.1) is 0 Å². The second-order valence-electron chi connectivity index (χ2n) is 5.36. The molecule has 1 aromatic heterocycles. The molecule has 0 aliphatic carbocycles. The molecule has 0 fully saturated rings. The van der Waals surface area contributed by atoms with Gasteiger partial charge in [0.2, 0.25) is 0 Å². The van der Waals surface area contributed by atoms with E-state index < -0.39 is 5.97 Å². The normalized spacial score (nSPS) is 12.4. The van der Waals surface area contributed by atoms with Crippen LogP contribution in [0.5, 0.6) is 0 Å². The molecular formula is C16H29N3O2. The van der Waals surface area contributed by atoms with Gasteiger partial charge in [0.25, 0.3) is 0 Å². The molecule has 0 amide bonds. The Morgan fingerprint density at radius 1 is 1.33 bits per heavy atom. The Bertz CT molecular complexity index is 455. The Kier molecular flexibility index (Phi) is 7.26. The predicted molar refractivity (Wildman–Crippen MR) is 85.3 cm³/mol. The lowest BCUT2D eigenvalue weighted by Gasteiger charge is -2.17. The van der Waals surface area contributed by atoms with E-state index in [2.05, 4.69) is 18.8 Å². The Hall–Kier alpha value is -1.52. The first-order valence-corrected chi connectivity index (χ1v) is 8.10. The van der Waals surface area contributed by atoms with Crippen molar-refractivity contribution in [2.24, 2.45) is 5.92 Å². The summed E-state index contributed by atoms with van der Waals surface area (Å²) in [7, 11) is 0. The number of rotatable bonds is 9. The van der Waals surface area contributed by atoms with Gasteiger partial charge in [0.1, 0.15) is 11.6 Å². The van der Waals surface area contributed by atoms with Crippen molar-refractivity contribution in [1.29, 1.82) is 0 Å². The summed E-state index contributed by atoms with van der Waals surface area (Å²) in [5.41, 5.74) is 6.41. The van der Waals surface area contributed by atoms with Crippen LogP contribution in [0.25, 0.3) is 0 Å². The zero-order valence-electron chi connectivity index (χ0n) is 13.8. The van der Waals surface area contributed by atoms with E-state index in [1.165, 1.54) is 19.3 Å². The Morgan fingerprint density at radius 2 is 2.05 bits per heavy atom. The number of nitrogens with zero attached hydrogens (tertiary/aromatic N) is 2. The van der Waals surface area contributed by atoms with Crippen LogP contribution in [0.4, 0.5) is 5.82 Å². The zero-order chi connectivity index (χ0) is 15.8. The lowest BCUT2D eigenvalue weighted by Crippen LogP contribution is -2.15. The number of ether oxygens (including phenoxy) is 1. The van der Waals surface area contributed by atoms with E-state index in [0.717, 1.165) is 25.2 Å². The van der Waals surface area contributed by atoms with Crippen molar-refractivity contribution >= 4 is 11.8 Å². The van der Waals surface area contributed by atoms with Crippen LogP contribution < -0.4 is 5.73 Å². The molecule has 0 aromatic carbocycles. The first-order chi connectivity index (χ1) is 10.1. The van der Waals surface area contributed by atoms with E-state index in [9.17, 15) is 4.79 Å². The molecule has 1 aromatic rings. The second-order valence-corrected chi connectivity index (χ2v) is 5.36. The standard InChI is InChI=1S/C16H29N3O2/c1-5-9-10-12(6-2)11-19-13(7-3)18-14(15(19)17)16(20)21-8-4/h12H,5-11,17H2,1-4H3. The number of esters is 1. The number of anilines is 1. The van der Waals surface area contributed by atoms with Gasteiger partial charge in [-0.3, -0.25) is 0 Å². The van der Waals surface area contributed by atoms with Gasteiger partial charge in [0, 0.05) is 13.0 Å². The molecule has 2 N–H and O–H groups in total. The molecule has 0 saturated heterocycles. The smallest absolute Gasteiger partial charge is 0.360 e. The van der Waals surface area contributed by atoms with Crippen LogP contribution in [-0.2, 0) is 17.7 Å². The summed E-state index contributed by atoms with van der Waals surface area (Å²) >= 11 is 0. The molecule has 1 atom stereocenters. The van der Waals surface area contributed by atoms with Crippen molar-refractivity contribution in [3.8, 4) is 0 Å². The van der Waals surface area contributed by atoms with Gasteiger partial charge < -0.3 is 15.0 Å². The maximum Gasteiger partial charge on any atom is 0.360 e. The quantitative estimate of drug-likeness (QED) is 0.709. The number of hydrogen-bond acceptors (Lipinski definition) is 4. The monoisotopic (exact) mass is 295 g/mol. The number of unbranched alkanes of at least 4 members (excludes halogenated alkanes) is 1. The van der Waals surface area contributed by atoms with E-state index in [1.54, 1.807) is 6.92 Å². The van der Waals surface area contributed by atoms with E-state index in [4.69, 9.17) is 10.5 Å². The lowest BCUT2D eigenvalue weighted by molar-refractivity contribution is 0.0521. The van der Waals surface area contributed by atoms with Crippen LogP contribution in [0.2, 0.25) is 0 Å². The molecular weight excluding hydrogens is 266 g/mol. The molecule has 5 heteroatoms. The van der Waals surface area contributed by atoms with Crippen molar-refractivity contribution in [1.82, 2.24) is 9.55 Å². The Balaban J connectivity index is 2.97.